The summed E-state index contributed by atoms with van der Waals surface area (Å²) in [5.41, 5.74) is 0.396. The Morgan fingerprint density at radius 2 is 1.94 bits per heavy atom. The van der Waals surface area contributed by atoms with Gasteiger partial charge in [-0.05, 0) is 119 Å². The third kappa shape index (κ3) is 4.55. The fraction of sp³-hybridized carbons (Fsp3) is 0.800. The smallest absolute Gasteiger partial charge is 0.220 e. The number of amides is 1. The zero-order valence-corrected chi connectivity index (χ0v) is 24.8. The van der Waals surface area contributed by atoms with E-state index >= 15 is 0 Å². The molecule has 0 aromatic carbocycles. The number of ketones is 1. The van der Waals surface area contributed by atoms with E-state index in [1.54, 1.807) is 11.3 Å². The maximum absolute atomic E-state index is 13.1. The molecule has 4 aliphatic carbocycles. The van der Waals surface area contributed by atoms with Crippen molar-refractivity contribution in [3.63, 3.8) is 0 Å². The first-order valence-corrected chi connectivity index (χ1v) is 15.9. The molecule has 0 spiro atoms. The number of Topliss-reactive ketones (excluding diaryl/α,β-unsaturated/α-hetero) is 1. The molecule has 1 aromatic heterocycles. The van der Waals surface area contributed by atoms with E-state index < -0.39 is 0 Å². The molecule has 6 heteroatoms. The van der Waals surface area contributed by atoms with E-state index in [0.29, 0.717) is 54.1 Å². The summed E-state index contributed by atoms with van der Waals surface area (Å²) >= 11 is 5.24. The molecule has 1 aromatic rings. The van der Waals surface area contributed by atoms with E-state index in [4.69, 9.17) is 0 Å². The van der Waals surface area contributed by atoms with Crippen LogP contribution < -0.4 is 5.32 Å². The lowest BCUT2D eigenvalue weighted by Crippen LogP contribution is -2.58. The third-order valence-corrected chi connectivity index (χ3v) is 13.2. The fourth-order valence-corrected chi connectivity index (χ4v) is 11.1. The molecule has 10 atom stereocenters. The Bertz CT molecular complexity index is 995. The molecule has 0 aliphatic heterocycles. The highest BCUT2D eigenvalue weighted by molar-refractivity contribution is 9.11. The fourth-order valence-electron chi connectivity index (χ4n) is 9.57. The van der Waals surface area contributed by atoms with Gasteiger partial charge in [0.1, 0.15) is 5.78 Å². The predicted octanol–water partition coefficient (Wildman–Crippen LogP) is 7.30. The van der Waals surface area contributed by atoms with Gasteiger partial charge in [-0.1, -0.05) is 27.7 Å². The van der Waals surface area contributed by atoms with Gasteiger partial charge in [0.15, 0.2) is 0 Å². The van der Waals surface area contributed by atoms with E-state index in [9.17, 15) is 14.7 Å². The molecular formula is C30H44BrNO3S. The summed E-state index contributed by atoms with van der Waals surface area (Å²) in [5, 5.41) is 14.7. The summed E-state index contributed by atoms with van der Waals surface area (Å²) in [5.74, 6) is 3.19. The summed E-state index contributed by atoms with van der Waals surface area (Å²) in [6.45, 7) is 9.33. The molecule has 36 heavy (non-hydrogen) atoms. The van der Waals surface area contributed by atoms with E-state index in [1.165, 1.54) is 24.1 Å². The van der Waals surface area contributed by atoms with Gasteiger partial charge in [0, 0.05) is 24.1 Å². The quantitative estimate of drug-likeness (QED) is 0.372. The Hall–Kier alpha value is -0.720. The second-order valence-corrected chi connectivity index (χ2v) is 15.6. The largest absolute Gasteiger partial charge is 0.393 e. The first-order valence-electron chi connectivity index (χ1n) is 14.3. The maximum atomic E-state index is 13.1. The van der Waals surface area contributed by atoms with Crippen LogP contribution >= 0.6 is 27.3 Å². The van der Waals surface area contributed by atoms with Crippen molar-refractivity contribution in [2.45, 2.75) is 104 Å². The summed E-state index contributed by atoms with van der Waals surface area (Å²) in [4.78, 5) is 26.6. The summed E-state index contributed by atoms with van der Waals surface area (Å²) in [7, 11) is 0. The van der Waals surface area contributed by atoms with Gasteiger partial charge < -0.3 is 10.4 Å². The lowest BCUT2D eigenvalue weighted by atomic mass is 9.44. The molecule has 200 valence electrons. The molecule has 4 saturated carbocycles. The molecule has 0 radical (unpaired) electrons. The van der Waals surface area contributed by atoms with Crippen molar-refractivity contribution in [3.8, 4) is 0 Å². The normalized spacial score (nSPS) is 41.7. The number of hydrogen-bond acceptors (Lipinski definition) is 4. The molecule has 1 amide bonds. The second-order valence-electron chi connectivity index (χ2n) is 13.1. The SMILES string of the molecule is CC[C@@H](NC(=O)C[C@@H](C)C1CC[C@H]2[C@@H]3[C@H](O)C[C@@H]4CC(=O)CC[C@]4(C)[C@H]3CC[C@]12C)c1ccc(Br)s1. The number of carbonyl (C=O) groups is 2. The third-order valence-electron chi connectivity index (χ3n) is 11.4. The van der Waals surface area contributed by atoms with Crippen molar-refractivity contribution in [1.82, 2.24) is 5.32 Å². The molecule has 4 aliphatic rings. The number of rotatable bonds is 6. The minimum Gasteiger partial charge on any atom is -0.393 e. The van der Waals surface area contributed by atoms with Crippen molar-refractivity contribution in [2.75, 3.05) is 0 Å². The average Bonchev–Trinajstić information content (AvgIpc) is 3.41. The number of aliphatic hydroxyl groups is 1. The number of nitrogens with one attached hydrogen (secondary N) is 1. The van der Waals surface area contributed by atoms with Crippen LogP contribution in [0.15, 0.2) is 15.9 Å². The van der Waals surface area contributed by atoms with Crippen molar-refractivity contribution in [3.05, 3.63) is 20.8 Å². The molecule has 5 rings (SSSR count). The van der Waals surface area contributed by atoms with Crippen LogP contribution in [-0.2, 0) is 9.59 Å². The molecule has 2 N–H and O–H groups in total. The van der Waals surface area contributed by atoms with E-state index in [-0.39, 0.29) is 28.9 Å². The number of halogens is 1. The van der Waals surface area contributed by atoms with Crippen molar-refractivity contribution in [2.24, 2.45) is 46.3 Å². The predicted molar refractivity (Wildman–Crippen MR) is 149 cm³/mol. The van der Waals surface area contributed by atoms with Crippen LogP contribution in [-0.4, -0.2) is 22.9 Å². The Morgan fingerprint density at radius 1 is 1.19 bits per heavy atom. The molecule has 1 heterocycles. The highest BCUT2D eigenvalue weighted by atomic mass is 79.9. The minimum atomic E-state index is -0.281. The van der Waals surface area contributed by atoms with Gasteiger partial charge >= 0.3 is 0 Å². The Kier molecular flexibility index (Phi) is 7.55. The standard InChI is InChI=1S/C30H44BrNO3S/c1-5-23(25-8-9-26(31)36-25)32-27(35)14-17(2)20-6-7-21-28-22(11-13-30(20,21)4)29(3)12-10-19(33)15-18(29)16-24(28)34/h8-9,17-18,20-24,28,34H,5-7,10-16H2,1-4H3,(H,32,35)/t17-,18+,20?,21+,22+,23-,24-,28+,29+,30-/m1/s1. The van der Waals surface area contributed by atoms with Crippen LogP contribution in [0.1, 0.15) is 103 Å². The van der Waals surface area contributed by atoms with Crippen LogP contribution in [0, 0.1) is 46.3 Å². The van der Waals surface area contributed by atoms with E-state index in [2.05, 4.69) is 61.1 Å². The number of fused-ring (bicyclic) bond motifs is 5. The van der Waals surface area contributed by atoms with Crippen LogP contribution in [0.5, 0.6) is 0 Å². The van der Waals surface area contributed by atoms with E-state index in [1.807, 2.05) is 0 Å². The second kappa shape index (κ2) is 10.1. The number of carbonyl (C=O) groups excluding carboxylic acids is 2. The summed E-state index contributed by atoms with van der Waals surface area (Å²) < 4.78 is 1.10. The molecule has 0 saturated heterocycles. The van der Waals surface area contributed by atoms with Gasteiger partial charge in [0.05, 0.1) is 15.9 Å². The number of aliphatic hydroxyl groups excluding tert-OH is 1. The monoisotopic (exact) mass is 577 g/mol. The van der Waals surface area contributed by atoms with Crippen LogP contribution in [0.4, 0.5) is 0 Å². The highest BCUT2D eigenvalue weighted by Crippen LogP contribution is 2.68. The Balaban J connectivity index is 1.27. The molecule has 0 bridgehead atoms. The van der Waals surface area contributed by atoms with Gasteiger partial charge in [0.2, 0.25) is 5.91 Å². The van der Waals surface area contributed by atoms with Crippen LogP contribution in [0.2, 0.25) is 0 Å². The van der Waals surface area contributed by atoms with E-state index in [0.717, 1.165) is 35.9 Å². The highest BCUT2D eigenvalue weighted by Gasteiger charge is 2.62. The lowest BCUT2D eigenvalue weighted by Gasteiger charge is -2.61. The van der Waals surface area contributed by atoms with Gasteiger partial charge in [-0.2, -0.15) is 0 Å². The zero-order chi connectivity index (χ0) is 25.8. The molecule has 1 unspecified atom stereocenters. The first-order chi connectivity index (χ1) is 17.1. The lowest BCUT2D eigenvalue weighted by molar-refractivity contribution is -0.169. The number of hydrogen-bond donors (Lipinski definition) is 2. The first kappa shape index (κ1) is 26.9. The molecule has 4 nitrogen and oxygen atoms in total. The topological polar surface area (TPSA) is 66.4 Å². The average molecular weight is 579 g/mol. The maximum Gasteiger partial charge on any atom is 0.220 e. The van der Waals surface area contributed by atoms with Gasteiger partial charge in [-0.25, -0.2) is 0 Å². The van der Waals surface area contributed by atoms with Crippen molar-refractivity contribution < 1.29 is 14.7 Å². The summed E-state index contributed by atoms with van der Waals surface area (Å²) in [6, 6.07) is 4.24. The van der Waals surface area contributed by atoms with Gasteiger partial charge in [-0.15, -0.1) is 11.3 Å². The molecule has 4 fully saturated rings. The van der Waals surface area contributed by atoms with Crippen molar-refractivity contribution >= 4 is 39.0 Å². The number of thiophene rings is 1. The van der Waals surface area contributed by atoms with Crippen molar-refractivity contribution in [1.29, 1.82) is 0 Å². The Morgan fingerprint density at radius 3 is 2.64 bits per heavy atom. The van der Waals surface area contributed by atoms with Gasteiger partial charge in [0.25, 0.3) is 0 Å². The van der Waals surface area contributed by atoms with Crippen LogP contribution in [0.25, 0.3) is 0 Å². The Labute approximate surface area is 229 Å². The van der Waals surface area contributed by atoms with Crippen LogP contribution in [0.3, 0.4) is 0 Å². The molecular weight excluding hydrogens is 534 g/mol. The zero-order valence-electron chi connectivity index (χ0n) is 22.4. The summed E-state index contributed by atoms with van der Waals surface area (Å²) in [6.07, 6.45) is 9.09. The van der Waals surface area contributed by atoms with Gasteiger partial charge in [-0.3, -0.25) is 9.59 Å². The minimum absolute atomic E-state index is 0.0804.